The molecular formula is C19H21BrN2O2S. The van der Waals surface area contributed by atoms with Crippen molar-refractivity contribution in [1.82, 2.24) is 9.21 Å². The van der Waals surface area contributed by atoms with Crippen LogP contribution in [0.2, 0.25) is 0 Å². The van der Waals surface area contributed by atoms with Gasteiger partial charge in [0.1, 0.15) is 0 Å². The summed E-state index contributed by atoms with van der Waals surface area (Å²) in [6, 6.07) is 15.8. The van der Waals surface area contributed by atoms with E-state index in [0.717, 1.165) is 30.4 Å². The lowest BCUT2D eigenvalue weighted by molar-refractivity contribution is 0.185. The van der Waals surface area contributed by atoms with Gasteiger partial charge in [0.05, 0.1) is 4.90 Å². The Bertz CT molecular complexity index is 867. The van der Waals surface area contributed by atoms with Gasteiger partial charge in [0.25, 0.3) is 0 Å². The van der Waals surface area contributed by atoms with E-state index in [1.807, 2.05) is 0 Å². The summed E-state index contributed by atoms with van der Waals surface area (Å²) in [4.78, 5) is 2.82. The van der Waals surface area contributed by atoms with Crippen LogP contribution in [0.4, 0.5) is 0 Å². The summed E-state index contributed by atoms with van der Waals surface area (Å²) in [5.74, 6) is 0. The molecule has 0 amide bonds. The van der Waals surface area contributed by atoms with Crippen molar-refractivity contribution in [2.45, 2.75) is 30.3 Å². The average Bonchev–Trinajstić information content (AvgIpc) is 3.13. The van der Waals surface area contributed by atoms with Crippen LogP contribution < -0.4 is 0 Å². The van der Waals surface area contributed by atoms with Crippen LogP contribution in [0.1, 0.15) is 17.5 Å². The van der Waals surface area contributed by atoms with Gasteiger partial charge in [-0.2, -0.15) is 4.31 Å². The molecule has 4 nitrogen and oxygen atoms in total. The molecule has 2 heterocycles. The van der Waals surface area contributed by atoms with E-state index in [-0.39, 0.29) is 0 Å². The van der Waals surface area contributed by atoms with Gasteiger partial charge in [-0.05, 0) is 48.2 Å². The van der Waals surface area contributed by atoms with Crippen LogP contribution in [-0.2, 0) is 23.0 Å². The van der Waals surface area contributed by atoms with E-state index in [2.05, 4.69) is 45.1 Å². The zero-order valence-electron chi connectivity index (χ0n) is 13.9. The number of benzene rings is 2. The van der Waals surface area contributed by atoms with E-state index in [0.29, 0.717) is 24.0 Å². The monoisotopic (exact) mass is 420 g/mol. The number of rotatable bonds is 3. The lowest BCUT2D eigenvalue weighted by Crippen LogP contribution is -2.41. The van der Waals surface area contributed by atoms with E-state index in [1.54, 1.807) is 28.6 Å². The zero-order chi connectivity index (χ0) is 17.4. The quantitative estimate of drug-likeness (QED) is 0.764. The Balaban J connectivity index is 1.47. The number of hydrogen-bond donors (Lipinski definition) is 0. The first-order valence-corrected chi connectivity index (χ1v) is 10.8. The SMILES string of the molecule is O=S(=O)(c1ccc(Br)cc1)N1CCC(N2CCc3ccccc3C2)C1. The first kappa shape index (κ1) is 17.2. The molecule has 1 unspecified atom stereocenters. The highest BCUT2D eigenvalue weighted by atomic mass is 79.9. The lowest BCUT2D eigenvalue weighted by Gasteiger charge is -2.33. The van der Waals surface area contributed by atoms with Crippen molar-refractivity contribution < 1.29 is 8.42 Å². The fraction of sp³-hybridized carbons (Fsp3) is 0.368. The molecule has 6 heteroatoms. The number of fused-ring (bicyclic) bond motifs is 1. The van der Waals surface area contributed by atoms with Crippen molar-refractivity contribution in [3.05, 3.63) is 64.1 Å². The number of nitrogens with zero attached hydrogens (tertiary/aromatic N) is 2. The summed E-state index contributed by atoms with van der Waals surface area (Å²) in [7, 11) is -3.40. The molecule has 25 heavy (non-hydrogen) atoms. The van der Waals surface area contributed by atoms with Gasteiger partial charge in [0, 0.05) is 36.7 Å². The van der Waals surface area contributed by atoms with Crippen molar-refractivity contribution in [2.24, 2.45) is 0 Å². The molecule has 1 fully saturated rings. The third kappa shape index (κ3) is 3.40. The Kier molecular flexibility index (Phi) is 4.71. The molecule has 132 valence electrons. The minimum absolute atomic E-state index is 0.304. The molecule has 0 aliphatic carbocycles. The second-order valence-corrected chi connectivity index (χ2v) is 9.60. The Morgan fingerprint density at radius 2 is 1.68 bits per heavy atom. The van der Waals surface area contributed by atoms with Crippen LogP contribution in [0, 0.1) is 0 Å². The summed E-state index contributed by atoms with van der Waals surface area (Å²) in [6.45, 7) is 3.11. The van der Waals surface area contributed by atoms with E-state index < -0.39 is 10.0 Å². The van der Waals surface area contributed by atoms with E-state index in [9.17, 15) is 8.42 Å². The van der Waals surface area contributed by atoms with Gasteiger partial charge in [-0.15, -0.1) is 0 Å². The minimum Gasteiger partial charge on any atom is -0.294 e. The summed E-state index contributed by atoms with van der Waals surface area (Å²) < 4.78 is 28.3. The van der Waals surface area contributed by atoms with E-state index in [1.165, 1.54) is 11.1 Å². The molecule has 0 aromatic heterocycles. The molecular weight excluding hydrogens is 400 g/mol. The lowest BCUT2D eigenvalue weighted by atomic mass is 9.98. The molecule has 2 aliphatic rings. The highest BCUT2D eigenvalue weighted by Gasteiger charge is 2.36. The molecule has 1 atom stereocenters. The molecule has 0 saturated carbocycles. The van der Waals surface area contributed by atoms with Gasteiger partial charge in [-0.3, -0.25) is 4.90 Å². The Morgan fingerprint density at radius 3 is 2.44 bits per heavy atom. The first-order valence-electron chi connectivity index (χ1n) is 8.60. The maximum absolute atomic E-state index is 12.9. The number of sulfonamides is 1. The molecule has 0 N–H and O–H groups in total. The van der Waals surface area contributed by atoms with Gasteiger partial charge >= 0.3 is 0 Å². The fourth-order valence-electron chi connectivity index (χ4n) is 3.81. The predicted octanol–water partition coefficient (Wildman–Crippen LogP) is 3.27. The third-order valence-electron chi connectivity index (χ3n) is 5.25. The fourth-order valence-corrected chi connectivity index (χ4v) is 5.57. The molecule has 2 aromatic rings. The molecule has 4 rings (SSSR count). The predicted molar refractivity (Wildman–Crippen MR) is 102 cm³/mol. The highest BCUT2D eigenvalue weighted by Crippen LogP contribution is 2.28. The van der Waals surface area contributed by atoms with Gasteiger partial charge in [0.15, 0.2) is 0 Å². The smallest absolute Gasteiger partial charge is 0.243 e. The third-order valence-corrected chi connectivity index (χ3v) is 7.66. The summed E-state index contributed by atoms with van der Waals surface area (Å²) >= 11 is 3.36. The Labute approximate surface area is 157 Å². The number of halogens is 1. The molecule has 2 aromatic carbocycles. The summed E-state index contributed by atoms with van der Waals surface area (Å²) in [5, 5.41) is 0. The second kappa shape index (κ2) is 6.83. The van der Waals surface area contributed by atoms with Crippen LogP contribution in [0.25, 0.3) is 0 Å². The molecule has 0 radical (unpaired) electrons. The molecule has 0 bridgehead atoms. The zero-order valence-corrected chi connectivity index (χ0v) is 16.3. The Hall–Kier alpha value is -1.21. The van der Waals surface area contributed by atoms with Crippen molar-refractivity contribution in [1.29, 1.82) is 0 Å². The molecule has 1 saturated heterocycles. The van der Waals surface area contributed by atoms with E-state index >= 15 is 0 Å². The largest absolute Gasteiger partial charge is 0.294 e. The first-order chi connectivity index (χ1) is 12.0. The number of hydrogen-bond acceptors (Lipinski definition) is 3. The molecule has 0 spiro atoms. The normalized spacial score (nSPS) is 22.0. The van der Waals surface area contributed by atoms with Crippen molar-refractivity contribution in [2.75, 3.05) is 19.6 Å². The van der Waals surface area contributed by atoms with Crippen molar-refractivity contribution in [3.63, 3.8) is 0 Å². The van der Waals surface area contributed by atoms with Gasteiger partial charge in [0.2, 0.25) is 10.0 Å². The van der Waals surface area contributed by atoms with Crippen LogP contribution in [0.3, 0.4) is 0 Å². The van der Waals surface area contributed by atoms with Crippen molar-refractivity contribution >= 4 is 26.0 Å². The van der Waals surface area contributed by atoms with Crippen LogP contribution >= 0.6 is 15.9 Å². The van der Waals surface area contributed by atoms with Gasteiger partial charge in [-0.1, -0.05) is 40.2 Å². The van der Waals surface area contributed by atoms with E-state index in [4.69, 9.17) is 0 Å². The van der Waals surface area contributed by atoms with Crippen LogP contribution in [-0.4, -0.2) is 43.3 Å². The topological polar surface area (TPSA) is 40.6 Å². The standard InChI is InChI=1S/C19H21BrN2O2S/c20-17-5-7-19(8-6-17)25(23,24)22-12-10-18(14-22)21-11-9-15-3-1-2-4-16(15)13-21/h1-8,18H,9-14H2. The maximum Gasteiger partial charge on any atom is 0.243 e. The maximum atomic E-state index is 12.9. The van der Waals surface area contributed by atoms with Crippen LogP contribution in [0.15, 0.2) is 57.9 Å². The van der Waals surface area contributed by atoms with Crippen LogP contribution in [0.5, 0.6) is 0 Å². The Morgan fingerprint density at radius 1 is 0.960 bits per heavy atom. The summed E-state index contributed by atoms with van der Waals surface area (Å²) in [6.07, 6.45) is 1.95. The molecule has 2 aliphatic heterocycles. The summed E-state index contributed by atoms with van der Waals surface area (Å²) in [5.41, 5.74) is 2.80. The highest BCUT2D eigenvalue weighted by molar-refractivity contribution is 9.10. The average molecular weight is 421 g/mol. The minimum atomic E-state index is -3.40. The van der Waals surface area contributed by atoms with Gasteiger partial charge in [-0.25, -0.2) is 8.42 Å². The van der Waals surface area contributed by atoms with Gasteiger partial charge < -0.3 is 0 Å². The second-order valence-electron chi connectivity index (χ2n) is 6.75. The van der Waals surface area contributed by atoms with Crippen molar-refractivity contribution in [3.8, 4) is 0 Å².